The van der Waals surface area contributed by atoms with E-state index in [1.807, 2.05) is 27.7 Å². The predicted molar refractivity (Wildman–Crippen MR) is 60.1 cm³/mol. The van der Waals surface area contributed by atoms with E-state index in [4.69, 9.17) is 8.85 Å². The second-order valence-corrected chi connectivity index (χ2v) is 5.42. The molecule has 0 radical (unpaired) electrons. The van der Waals surface area contributed by atoms with Gasteiger partial charge in [0.1, 0.15) is 0 Å². The second kappa shape index (κ2) is 12.5. The van der Waals surface area contributed by atoms with Crippen molar-refractivity contribution in [3.8, 4) is 0 Å². The van der Waals surface area contributed by atoms with Crippen molar-refractivity contribution in [2.45, 2.75) is 52.4 Å². The zero-order valence-electron chi connectivity index (χ0n) is 9.75. The van der Waals surface area contributed by atoms with Crippen LogP contribution in [0.2, 0.25) is 6.04 Å². The third-order valence-electron chi connectivity index (χ3n) is 1.29. The topological polar surface area (TPSA) is 18.5 Å². The molecule has 0 atom stereocenters. The number of rotatable bonds is 6. The number of hydrogen-bond donors (Lipinski definition) is 0. The van der Waals surface area contributed by atoms with Crippen molar-refractivity contribution in [1.82, 2.24) is 0 Å². The Morgan fingerprint density at radius 1 is 1.07 bits per heavy atom. The molecule has 0 aliphatic heterocycles. The quantitative estimate of drug-likeness (QED) is 0.457. The smallest absolute Gasteiger partial charge is 1.00 e. The molecule has 0 aliphatic rings. The Labute approximate surface area is 117 Å². The Morgan fingerprint density at radius 3 is 1.64 bits per heavy atom. The van der Waals surface area contributed by atoms with Gasteiger partial charge in [0.15, 0.2) is 0 Å². The van der Waals surface area contributed by atoms with Crippen LogP contribution in [0.15, 0.2) is 0 Å². The number of halogens is 1. The fourth-order valence-electron chi connectivity index (χ4n) is 0.942. The molecule has 0 saturated carbocycles. The maximum atomic E-state index is 5.68. The molecule has 2 nitrogen and oxygen atoms in total. The van der Waals surface area contributed by atoms with E-state index in [1.54, 1.807) is 0 Å². The minimum atomic E-state index is -1.41. The van der Waals surface area contributed by atoms with Gasteiger partial charge in [0.25, 0.3) is 0 Å². The Bertz CT molecular complexity index is 105. The van der Waals surface area contributed by atoms with Gasteiger partial charge in [-0.25, -0.2) is 0 Å². The first-order valence-corrected chi connectivity index (χ1v) is 6.42. The molecule has 0 saturated heterocycles. The minimum absolute atomic E-state index is 0. The van der Waals surface area contributed by atoms with Gasteiger partial charge in [-0.3, -0.25) is 0 Å². The molecule has 0 fully saturated rings. The molecule has 0 aromatic carbocycles. The van der Waals surface area contributed by atoms with E-state index < -0.39 is 9.28 Å². The van der Waals surface area contributed by atoms with Crippen LogP contribution in [-0.4, -0.2) is 44.5 Å². The molecular weight excluding hydrogens is 272 g/mol. The van der Waals surface area contributed by atoms with Crippen molar-refractivity contribution in [2.75, 3.05) is 0 Å². The molecule has 0 bridgehead atoms. The van der Waals surface area contributed by atoms with Gasteiger partial charge in [0.2, 0.25) is 0 Å². The van der Waals surface area contributed by atoms with E-state index in [0.717, 1.165) is 12.5 Å². The zero-order chi connectivity index (χ0) is 9.56. The third kappa shape index (κ3) is 13.4. The maximum absolute atomic E-state index is 5.68. The molecule has 0 amide bonds. The standard InChI is InChI=1S/C9H21O2Si.BrH.Mg/c1-6-7-12(10-8(2)3)11-9(4)5;;/h8-9,12H,1,6-7H2,2-5H3;1H;/q-1;;+2/p-1. The first kappa shape index (κ1) is 20.8. The molecular formula is C9H21BrMgO2Si. The molecule has 0 heterocycles. The third-order valence-corrected chi connectivity index (χ3v) is 3.86. The summed E-state index contributed by atoms with van der Waals surface area (Å²) >= 11 is 0. The van der Waals surface area contributed by atoms with Crippen molar-refractivity contribution >= 4 is 32.3 Å². The zero-order valence-corrected chi connectivity index (χ0v) is 13.9. The predicted octanol–water partition coefficient (Wildman–Crippen LogP) is -1.10. The van der Waals surface area contributed by atoms with Crippen molar-refractivity contribution in [1.29, 1.82) is 0 Å². The van der Waals surface area contributed by atoms with Crippen LogP contribution in [-0.2, 0) is 8.85 Å². The summed E-state index contributed by atoms with van der Waals surface area (Å²) in [5.74, 6) is 0. The van der Waals surface area contributed by atoms with Crippen molar-refractivity contribution < 1.29 is 25.8 Å². The van der Waals surface area contributed by atoms with Crippen LogP contribution in [0.4, 0.5) is 0 Å². The Kier molecular flexibility index (Phi) is 18.5. The fraction of sp³-hybridized carbons (Fsp3) is 0.889. The van der Waals surface area contributed by atoms with E-state index in [2.05, 4.69) is 6.92 Å². The van der Waals surface area contributed by atoms with Crippen molar-refractivity contribution in [3.05, 3.63) is 6.92 Å². The first-order valence-electron chi connectivity index (χ1n) is 4.66. The molecule has 5 heteroatoms. The SMILES string of the molecule is [Br-].[CH2-]CC[SiH](OC(C)C)OC(C)C.[Mg+2]. The van der Waals surface area contributed by atoms with Gasteiger partial charge in [-0.1, -0.05) is 0 Å². The van der Waals surface area contributed by atoms with Crippen molar-refractivity contribution in [3.63, 3.8) is 0 Å². The van der Waals surface area contributed by atoms with Crippen LogP contribution < -0.4 is 17.0 Å². The van der Waals surface area contributed by atoms with Crippen LogP contribution >= 0.6 is 0 Å². The van der Waals surface area contributed by atoms with Gasteiger partial charge in [0, 0.05) is 12.2 Å². The van der Waals surface area contributed by atoms with Crippen molar-refractivity contribution in [2.24, 2.45) is 0 Å². The molecule has 0 aromatic heterocycles. The monoisotopic (exact) mass is 292 g/mol. The van der Waals surface area contributed by atoms with Crippen LogP contribution in [0.5, 0.6) is 0 Å². The second-order valence-electron chi connectivity index (χ2n) is 3.44. The maximum Gasteiger partial charge on any atom is 2.00 e. The normalized spacial score (nSPS) is 10.3. The van der Waals surface area contributed by atoms with Crippen LogP contribution in [0.1, 0.15) is 34.1 Å². The Balaban J connectivity index is -0.000000605. The molecule has 0 aliphatic carbocycles. The summed E-state index contributed by atoms with van der Waals surface area (Å²) < 4.78 is 11.4. The molecule has 0 rings (SSSR count). The summed E-state index contributed by atoms with van der Waals surface area (Å²) in [5.41, 5.74) is 0. The number of hydrogen-bond acceptors (Lipinski definition) is 2. The van der Waals surface area contributed by atoms with E-state index in [1.165, 1.54) is 0 Å². The molecule has 0 spiro atoms. The molecule has 0 aromatic rings. The molecule has 0 N–H and O–H groups in total. The summed E-state index contributed by atoms with van der Waals surface area (Å²) in [6.07, 6.45) is 1.48. The van der Waals surface area contributed by atoms with Crippen LogP contribution in [0.3, 0.4) is 0 Å². The fourth-order valence-corrected chi connectivity index (χ4v) is 2.83. The summed E-state index contributed by atoms with van der Waals surface area (Å²) in [4.78, 5) is 0. The Morgan fingerprint density at radius 2 is 1.43 bits per heavy atom. The average Bonchev–Trinajstić information content (AvgIpc) is 1.84. The summed E-state index contributed by atoms with van der Waals surface area (Å²) in [5, 5.41) is 0. The van der Waals surface area contributed by atoms with Gasteiger partial charge in [-0.05, 0) is 33.7 Å². The van der Waals surface area contributed by atoms with E-state index in [-0.39, 0.29) is 52.2 Å². The molecule has 82 valence electrons. The molecule has 14 heavy (non-hydrogen) atoms. The van der Waals surface area contributed by atoms with E-state index >= 15 is 0 Å². The van der Waals surface area contributed by atoms with Gasteiger partial charge in [0.05, 0.1) is 0 Å². The summed E-state index contributed by atoms with van der Waals surface area (Å²) in [7, 11) is -1.41. The Hall–Kier alpha value is 1.38. The summed E-state index contributed by atoms with van der Waals surface area (Å²) in [6, 6.07) is 1.01. The van der Waals surface area contributed by atoms with E-state index in [0.29, 0.717) is 0 Å². The summed E-state index contributed by atoms with van der Waals surface area (Å²) in [6.45, 7) is 12.0. The van der Waals surface area contributed by atoms with Gasteiger partial charge >= 0.3 is 32.3 Å². The molecule has 0 unspecified atom stereocenters. The first-order chi connectivity index (χ1) is 5.56. The van der Waals surface area contributed by atoms with Crippen LogP contribution in [0, 0.1) is 6.92 Å². The minimum Gasteiger partial charge on any atom is -1.00 e. The van der Waals surface area contributed by atoms with Gasteiger partial charge in [-0.2, -0.15) is 6.42 Å². The van der Waals surface area contributed by atoms with Crippen LogP contribution in [0.25, 0.3) is 0 Å². The largest absolute Gasteiger partial charge is 2.00 e. The van der Waals surface area contributed by atoms with E-state index in [9.17, 15) is 0 Å². The average molecular weight is 294 g/mol. The van der Waals surface area contributed by atoms with Gasteiger partial charge < -0.3 is 32.8 Å². The van der Waals surface area contributed by atoms with Gasteiger partial charge in [-0.15, -0.1) is 0 Å².